The number of aryl methyl sites for hydroxylation is 1. The van der Waals surface area contributed by atoms with Crippen molar-refractivity contribution in [1.82, 2.24) is 14.7 Å². The van der Waals surface area contributed by atoms with Gasteiger partial charge in [0.15, 0.2) is 0 Å². The van der Waals surface area contributed by atoms with Gasteiger partial charge in [-0.2, -0.15) is 0 Å². The van der Waals surface area contributed by atoms with Gasteiger partial charge in [-0.25, -0.2) is 23.1 Å². The lowest BCUT2D eigenvalue weighted by Crippen LogP contribution is -2.29. The van der Waals surface area contributed by atoms with Gasteiger partial charge in [-0.15, -0.1) is 0 Å². The molecule has 0 atom stereocenters. The monoisotopic (exact) mass is 244 g/mol. The average Bonchev–Trinajstić information content (AvgIpc) is 2.20. The number of aromatic nitrogens is 2. The summed E-state index contributed by atoms with van der Waals surface area (Å²) in [5.74, 6) is 0.454. The molecule has 0 aromatic carbocycles. The molecule has 1 heterocycles. The summed E-state index contributed by atoms with van der Waals surface area (Å²) in [7, 11) is -3.18. The van der Waals surface area contributed by atoms with Crippen LogP contribution in [-0.2, 0) is 10.0 Å². The lowest BCUT2D eigenvalue weighted by Gasteiger charge is -2.06. The smallest absolute Gasteiger partial charge is 0.222 e. The second-order valence-corrected chi connectivity index (χ2v) is 5.25. The van der Waals surface area contributed by atoms with E-state index in [0.717, 1.165) is 5.56 Å². The van der Waals surface area contributed by atoms with E-state index in [0.29, 0.717) is 19.0 Å². The lowest BCUT2D eigenvalue weighted by atomic mass is 10.4. The van der Waals surface area contributed by atoms with E-state index in [4.69, 9.17) is 0 Å². The summed E-state index contributed by atoms with van der Waals surface area (Å²) in [5.41, 5.74) is 0.964. The molecule has 0 unspecified atom stereocenters. The predicted molar refractivity (Wildman–Crippen MR) is 62.7 cm³/mol. The van der Waals surface area contributed by atoms with Gasteiger partial charge in [0, 0.05) is 25.5 Å². The number of anilines is 1. The van der Waals surface area contributed by atoms with Crippen molar-refractivity contribution in [3.8, 4) is 0 Å². The molecule has 6 nitrogen and oxygen atoms in total. The number of hydrogen-bond acceptors (Lipinski definition) is 5. The molecule has 1 aromatic rings. The Morgan fingerprint density at radius 1 is 1.31 bits per heavy atom. The van der Waals surface area contributed by atoms with Gasteiger partial charge in [0.2, 0.25) is 16.0 Å². The summed E-state index contributed by atoms with van der Waals surface area (Å²) < 4.78 is 25.0. The summed E-state index contributed by atoms with van der Waals surface area (Å²) in [4.78, 5) is 8.01. The highest BCUT2D eigenvalue weighted by Crippen LogP contribution is 1.97. The van der Waals surface area contributed by atoms with Gasteiger partial charge in [-0.3, -0.25) is 0 Å². The average molecular weight is 244 g/mol. The lowest BCUT2D eigenvalue weighted by molar-refractivity contribution is 0.584. The SMILES string of the molecule is CCNS(=O)(=O)CCNc1ncc(C)cn1. The van der Waals surface area contributed by atoms with E-state index < -0.39 is 10.0 Å². The maximum Gasteiger partial charge on any atom is 0.222 e. The zero-order valence-electron chi connectivity index (χ0n) is 9.40. The first-order valence-corrected chi connectivity index (χ1v) is 6.68. The van der Waals surface area contributed by atoms with Crippen LogP contribution in [0.15, 0.2) is 12.4 Å². The highest BCUT2D eigenvalue weighted by molar-refractivity contribution is 7.89. The molecule has 7 heteroatoms. The molecular formula is C9H16N4O2S. The molecule has 2 N–H and O–H groups in total. The Bertz CT molecular complexity index is 416. The van der Waals surface area contributed by atoms with Crippen molar-refractivity contribution in [2.75, 3.05) is 24.2 Å². The molecular weight excluding hydrogens is 228 g/mol. The van der Waals surface area contributed by atoms with E-state index in [-0.39, 0.29) is 5.75 Å². The zero-order chi connectivity index (χ0) is 12.0. The van der Waals surface area contributed by atoms with Crippen LogP contribution in [0.4, 0.5) is 5.95 Å². The fourth-order valence-electron chi connectivity index (χ4n) is 1.07. The number of nitrogens with one attached hydrogen (secondary N) is 2. The Morgan fingerprint density at radius 3 is 2.50 bits per heavy atom. The molecule has 0 spiro atoms. The minimum Gasteiger partial charge on any atom is -0.353 e. The summed E-state index contributed by atoms with van der Waals surface area (Å²) in [6, 6.07) is 0. The number of sulfonamides is 1. The van der Waals surface area contributed by atoms with Gasteiger partial charge in [0.25, 0.3) is 0 Å². The molecule has 1 aromatic heterocycles. The van der Waals surface area contributed by atoms with Crippen molar-refractivity contribution in [2.24, 2.45) is 0 Å². The predicted octanol–water partition coefficient (Wildman–Crippen LogP) is 0.136. The van der Waals surface area contributed by atoms with Gasteiger partial charge < -0.3 is 5.32 Å². The van der Waals surface area contributed by atoms with Crippen molar-refractivity contribution in [3.05, 3.63) is 18.0 Å². The van der Waals surface area contributed by atoms with Crippen LogP contribution in [0.25, 0.3) is 0 Å². The molecule has 0 fully saturated rings. The van der Waals surface area contributed by atoms with Crippen molar-refractivity contribution in [1.29, 1.82) is 0 Å². The van der Waals surface area contributed by atoms with Crippen LogP contribution in [0.5, 0.6) is 0 Å². The molecule has 0 aliphatic rings. The van der Waals surface area contributed by atoms with E-state index in [1.54, 1.807) is 19.3 Å². The quantitative estimate of drug-likeness (QED) is 0.743. The van der Waals surface area contributed by atoms with Gasteiger partial charge in [-0.05, 0) is 12.5 Å². The number of hydrogen-bond donors (Lipinski definition) is 2. The Hall–Kier alpha value is -1.21. The highest BCUT2D eigenvalue weighted by atomic mass is 32.2. The zero-order valence-corrected chi connectivity index (χ0v) is 10.2. The van der Waals surface area contributed by atoms with Crippen molar-refractivity contribution in [2.45, 2.75) is 13.8 Å². The molecule has 0 amide bonds. The van der Waals surface area contributed by atoms with Crippen LogP contribution < -0.4 is 10.0 Å². The fourth-order valence-corrected chi connectivity index (χ4v) is 2.03. The van der Waals surface area contributed by atoms with E-state index >= 15 is 0 Å². The first kappa shape index (κ1) is 12.9. The van der Waals surface area contributed by atoms with E-state index in [1.165, 1.54) is 0 Å². The summed E-state index contributed by atoms with van der Waals surface area (Å²) >= 11 is 0. The third-order valence-electron chi connectivity index (χ3n) is 1.80. The van der Waals surface area contributed by atoms with Crippen LogP contribution in [-0.4, -0.2) is 37.2 Å². The van der Waals surface area contributed by atoms with E-state index in [2.05, 4.69) is 20.0 Å². The van der Waals surface area contributed by atoms with Crippen molar-refractivity contribution < 1.29 is 8.42 Å². The second-order valence-electron chi connectivity index (χ2n) is 3.33. The van der Waals surface area contributed by atoms with Gasteiger partial charge in [0.1, 0.15) is 0 Å². The molecule has 90 valence electrons. The fraction of sp³-hybridized carbons (Fsp3) is 0.556. The highest BCUT2D eigenvalue weighted by Gasteiger charge is 2.07. The molecule has 0 aliphatic carbocycles. The first-order chi connectivity index (χ1) is 7.53. The molecule has 0 saturated heterocycles. The Kier molecular flexibility index (Phi) is 4.63. The first-order valence-electron chi connectivity index (χ1n) is 5.03. The van der Waals surface area contributed by atoms with E-state index in [1.807, 2.05) is 6.92 Å². The summed E-state index contributed by atoms with van der Waals surface area (Å²) in [6.07, 6.45) is 3.35. The molecule has 0 aliphatic heterocycles. The second kappa shape index (κ2) is 5.76. The van der Waals surface area contributed by atoms with Gasteiger partial charge in [-0.1, -0.05) is 6.92 Å². The van der Waals surface area contributed by atoms with Crippen LogP contribution in [0.2, 0.25) is 0 Å². The largest absolute Gasteiger partial charge is 0.353 e. The Balaban J connectivity index is 2.39. The topological polar surface area (TPSA) is 84.0 Å². The van der Waals surface area contributed by atoms with Crippen LogP contribution in [0.3, 0.4) is 0 Å². The van der Waals surface area contributed by atoms with Crippen LogP contribution in [0.1, 0.15) is 12.5 Å². The van der Waals surface area contributed by atoms with Crippen LogP contribution in [0, 0.1) is 6.92 Å². The third kappa shape index (κ3) is 4.54. The molecule has 0 saturated carbocycles. The number of rotatable bonds is 6. The molecule has 0 bridgehead atoms. The standard InChI is InChI=1S/C9H16N4O2S/c1-3-13-16(14,15)5-4-10-9-11-6-8(2)7-12-9/h6-7,13H,3-5H2,1-2H3,(H,10,11,12). The minimum absolute atomic E-state index is 0.0120. The van der Waals surface area contributed by atoms with Gasteiger partial charge >= 0.3 is 0 Å². The number of nitrogens with zero attached hydrogens (tertiary/aromatic N) is 2. The van der Waals surface area contributed by atoms with E-state index in [9.17, 15) is 8.42 Å². The van der Waals surface area contributed by atoms with Crippen molar-refractivity contribution in [3.63, 3.8) is 0 Å². The van der Waals surface area contributed by atoms with Gasteiger partial charge in [0.05, 0.1) is 5.75 Å². The minimum atomic E-state index is -3.18. The summed E-state index contributed by atoms with van der Waals surface area (Å²) in [6.45, 7) is 4.33. The molecule has 16 heavy (non-hydrogen) atoms. The normalized spacial score (nSPS) is 11.4. The van der Waals surface area contributed by atoms with Crippen molar-refractivity contribution >= 4 is 16.0 Å². The molecule has 0 radical (unpaired) electrons. The third-order valence-corrected chi connectivity index (χ3v) is 3.27. The summed E-state index contributed by atoms with van der Waals surface area (Å²) in [5, 5.41) is 2.84. The Labute approximate surface area is 95.6 Å². The maximum atomic E-state index is 11.3. The van der Waals surface area contributed by atoms with Crippen LogP contribution >= 0.6 is 0 Å². The maximum absolute atomic E-state index is 11.3. The molecule has 1 rings (SSSR count). The Morgan fingerprint density at radius 2 is 1.94 bits per heavy atom.